The lowest BCUT2D eigenvalue weighted by atomic mass is 9.96. The van der Waals surface area contributed by atoms with Crippen LogP contribution in [0.15, 0.2) is 24.3 Å². The molecule has 1 fully saturated rings. The van der Waals surface area contributed by atoms with Crippen LogP contribution in [-0.2, 0) is 14.4 Å². The second-order valence-electron chi connectivity index (χ2n) is 7.19. The number of hydrogen-bond donors (Lipinski definition) is 2. The molecule has 25 heavy (non-hydrogen) atoms. The van der Waals surface area contributed by atoms with E-state index in [-0.39, 0.29) is 18.9 Å². The van der Waals surface area contributed by atoms with Crippen molar-refractivity contribution >= 4 is 23.5 Å². The van der Waals surface area contributed by atoms with Gasteiger partial charge in [-0.05, 0) is 37.8 Å². The Balaban J connectivity index is 2.19. The lowest BCUT2D eigenvalue weighted by Gasteiger charge is -2.24. The molecule has 6 heteroatoms. The summed E-state index contributed by atoms with van der Waals surface area (Å²) < 4.78 is 0. The number of benzene rings is 1. The van der Waals surface area contributed by atoms with Crippen LogP contribution in [0.5, 0.6) is 0 Å². The summed E-state index contributed by atoms with van der Waals surface area (Å²) in [6, 6.07) is 7.75. The number of carbonyl (C=O) groups is 3. The third-order valence-corrected chi connectivity index (χ3v) is 4.84. The Morgan fingerprint density at radius 2 is 2.00 bits per heavy atom. The minimum absolute atomic E-state index is 0.0936. The van der Waals surface area contributed by atoms with Gasteiger partial charge in [0.2, 0.25) is 11.8 Å². The Morgan fingerprint density at radius 3 is 2.60 bits per heavy atom. The number of para-hydroxylation sites is 1. The van der Waals surface area contributed by atoms with Gasteiger partial charge in [-0.25, -0.2) is 4.79 Å². The van der Waals surface area contributed by atoms with Crippen molar-refractivity contribution in [1.82, 2.24) is 5.32 Å². The molecule has 2 unspecified atom stereocenters. The van der Waals surface area contributed by atoms with E-state index in [0.717, 1.165) is 17.7 Å². The smallest absolute Gasteiger partial charge is 0.328 e. The first kappa shape index (κ1) is 19.0. The van der Waals surface area contributed by atoms with Crippen LogP contribution < -0.4 is 10.2 Å². The first-order valence-corrected chi connectivity index (χ1v) is 8.62. The van der Waals surface area contributed by atoms with E-state index in [9.17, 15) is 14.4 Å². The van der Waals surface area contributed by atoms with Crippen molar-refractivity contribution in [1.29, 1.82) is 0 Å². The fourth-order valence-electron chi connectivity index (χ4n) is 2.95. The maximum atomic E-state index is 12.5. The summed E-state index contributed by atoms with van der Waals surface area (Å²) in [5, 5.41) is 11.7. The van der Waals surface area contributed by atoms with E-state index in [4.69, 9.17) is 5.11 Å². The fraction of sp³-hybridized carbons (Fsp3) is 0.526. The van der Waals surface area contributed by atoms with Gasteiger partial charge in [-0.15, -0.1) is 0 Å². The molecule has 136 valence electrons. The highest BCUT2D eigenvalue weighted by molar-refractivity contribution is 6.01. The maximum Gasteiger partial charge on any atom is 0.328 e. The number of aliphatic carboxylic acids is 1. The summed E-state index contributed by atoms with van der Waals surface area (Å²) >= 11 is 0. The molecular weight excluding hydrogens is 320 g/mol. The monoisotopic (exact) mass is 346 g/mol. The molecule has 0 saturated carbocycles. The molecule has 1 aliphatic rings. The molecule has 2 N–H and O–H groups in total. The number of nitrogens with zero attached hydrogens (tertiary/aromatic N) is 1. The first-order chi connectivity index (χ1) is 11.7. The predicted octanol–water partition coefficient (Wildman–Crippen LogP) is 2.53. The number of anilines is 1. The summed E-state index contributed by atoms with van der Waals surface area (Å²) in [6.07, 6.45) is 1.05. The van der Waals surface area contributed by atoms with E-state index in [0.29, 0.717) is 5.92 Å². The quantitative estimate of drug-likeness (QED) is 0.829. The lowest BCUT2D eigenvalue weighted by molar-refractivity contribution is -0.146. The number of carbonyl (C=O) groups excluding carboxylic acids is 2. The van der Waals surface area contributed by atoms with Gasteiger partial charge in [0, 0.05) is 18.7 Å². The molecule has 1 aromatic rings. The Hall–Kier alpha value is -2.37. The van der Waals surface area contributed by atoms with Gasteiger partial charge in [0.25, 0.3) is 0 Å². The number of amides is 2. The molecule has 0 aliphatic carbocycles. The predicted molar refractivity (Wildman–Crippen MR) is 95.5 cm³/mol. The van der Waals surface area contributed by atoms with Gasteiger partial charge in [0.05, 0.1) is 5.92 Å². The average molecular weight is 346 g/mol. The summed E-state index contributed by atoms with van der Waals surface area (Å²) in [5.74, 6) is -1.85. The average Bonchev–Trinajstić information content (AvgIpc) is 2.95. The van der Waals surface area contributed by atoms with Crippen molar-refractivity contribution in [3.63, 3.8) is 0 Å². The van der Waals surface area contributed by atoms with Gasteiger partial charge in [0.15, 0.2) is 0 Å². The van der Waals surface area contributed by atoms with E-state index in [1.807, 2.05) is 24.3 Å². The molecule has 1 aliphatic heterocycles. The van der Waals surface area contributed by atoms with Crippen LogP contribution in [-0.4, -0.2) is 35.0 Å². The van der Waals surface area contributed by atoms with Crippen molar-refractivity contribution in [3.05, 3.63) is 29.8 Å². The minimum Gasteiger partial charge on any atom is -0.480 e. The van der Waals surface area contributed by atoms with Gasteiger partial charge in [0.1, 0.15) is 5.54 Å². The van der Waals surface area contributed by atoms with Crippen LogP contribution in [0, 0.1) is 5.92 Å². The zero-order valence-corrected chi connectivity index (χ0v) is 15.2. The van der Waals surface area contributed by atoms with Crippen LogP contribution in [0.25, 0.3) is 0 Å². The zero-order chi connectivity index (χ0) is 18.8. The Kier molecular flexibility index (Phi) is 5.50. The zero-order valence-electron chi connectivity index (χ0n) is 15.2. The Labute approximate surface area is 148 Å². The molecule has 0 aromatic heterocycles. The Bertz CT molecular complexity index is 684. The van der Waals surface area contributed by atoms with Crippen molar-refractivity contribution in [2.75, 3.05) is 11.4 Å². The van der Waals surface area contributed by atoms with Gasteiger partial charge >= 0.3 is 5.97 Å². The fourth-order valence-corrected chi connectivity index (χ4v) is 2.95. The number of hydrogen-bond acceptors (Lipinski definition) is 3. The van der Waals surface area contributed by atoms with Crippen molar-refractivity contribution in [3.8, 4) is 0 Å². The van der Waals surface area contributed by atoms with Crippen LogP contribution in [0.1, 0.15) is 52.0 Å². The summed E-state index contributed by atoms with van der Waals surface area (Å²) in [4.78, 5) is 37.7. The van der Waals surface area contributed by atoms with E-state index < -0.39 is 23.3 Å². The molecule has 1 heterocycles. The topological polar surface area (TPSA) is 86.7 Å². The third-order valence-electron chi connectivity index (χ3n) is 4.84. The van der Waals surface area contributed by atoms with Crippen LogP contribution in [0.4, 0.5) is 5.69 Å². The number of carboxylic acid groups (broad SMARTS) is 1. The molecule has 0 spiro atoms. The second kappa shape index (κ2) is 7.25. The van der Waals surface area contributed by atoms with E-state index in [1.165, 1.54) is 13.8 Å². The van der Waals surface area contributed by atoms with Gasteiger partial charge in [-0.1, -0.05) is 32.0 Å². The lowest BCUT2D eigenvalue weighted by Crippen LogP contribution is -2.51. The molecule has 2 atom stereocenters. The molecular formula is C19H26N2O4. The van der Waals surface area contributed by atoms with Crippen molar-refractivity contribution < 1.29 is 19.5 Å². The standard InChI is InChI=1S/C19H26N2O4/c1-5-12(2)14-8-6-7-9-15(14)21-11-13(10-16(21)22)17(23)20-19(3,4)18(24)25/h6-9,12-13H,5,10-11H2,1-4H3,(H,20,23)(H,24,25). The summed E-state index contributed by atoms with van der Waals surface area (Å²) in [6.45, 7) is 7.34. The largest absolute Gasteiger partial charge is 0.480 e. The van der Waals surface area contributed by atoms with Gasteiger partial charge in [-0.2, -0.15) is 0 Å². The summed E-state index contributed by atoms with van der Waals surface area (Å²) in [7, 11) is 0. The Morgan fingerprint density at radius 1 is 1.36 bits per heavy atom. The van der Waals surface area contributed by atoms with Crippen LogP contribution in [0.3, 0.4) is 0 Å². The van der Waals surface area contributed by atoms with Gasteiger partial charge in [-0.3, -0.25) is 9.59 Å². The maximum absolute atomic E-state index is 12.5. The van der Waals surface area contributed by atoms with E-state index >= 15 is 0 Å². The van der Waals surface area contributed by atoms with Crippen LogP contribution in [0.2, 0.25) is 0 Å². The van der Waals surface area contributed by atoms with Crippen LogP contribution >= 0.6 is 0 Å². The molecule has 1 saturated heterocycles. The molecule has 1 aromatic carbocycles. The van der Waals surface area contributed by atoms with Crippen molar-refractivity contribution in [2.24, 2.45) is 5.92 Å². The van der Waals surface area contributed by atoms with Gasteiger partial charge < -0.3 is 15.3 Å². The number of nitrogens with one attached hydrogen (secondary N) is 1. The highest BCUT2D eigenvalue weighted by Crippen LogP contribution is 2.33. The van der Waals surface area contributed by atoms with E-state index in [1.54, 1.807) is 4.90 Å². The minimum atomic E-state index is -1.36. The third kappa shape index (κ3) is 4.00. The highest BCUT2D eigenvalue weighted by atomic mass is 16.4. The molecule has 6 nitrogen and oxygen atoms in total. The summed E-state index contributed by atoms with van der Waals surface area (Å²) in [5.41, 5.74) is 0.572. The van der Waals surface area contributed by atoms with E-state index in [2.05, 4.69) is 19.2 Å². The molecule has 0 radical (unpaired) electrons. The first-order valence-electron chi connectivity index (χ1n) is 8.62. The SMILES string of the molecule is CCC(C)c1ccccc1N1CC(C(=O)NC(C)(C)C(=O)O)CC1=O. The number of rotatable bonds is 6. The van der Waals surface area contributed by atoms with Crippen molar-refractivity contribution in [2.45, 2.75) is 52.0 Å². The second-order valence-corrected chi connectivity index (χ2v) is 7.19. The number of carboxylic acids is 1. The molecule has 2 amide bonds. The molecule has 2 rings (SSSR count). The highest BCUT2D eigenvalue weighted by Gasteiger charge is 2.39. The normalized spacial score (nSPS) is 19.0. The molecule has 0 bridgehead atoms.